The van der Waals surface area contributed by atoms with E-state index in [0.717, 1.165) is 0 Å². The highest BCUT2D eigenvalue weighted by atomic mass is 16.5. The van der Waals surface area contributed by atoms with Crippen LogP contribution in [0.2, 0.25) is 0 Å². The Morgan fingerprint density at radius 2 is 2.00 bits per heavy atom. The van der Waals surface area contributed by atoms with Gasteiger partial charge in [0.25, 0.3) is 0 Å². The Morgan fingerprint density at radius 1 is 1.44 bits per heavy atom. The fraction of sp³-hybridized carbons (Fsp3) is 0.364. The average Bonchev–Trinajstić information content (AvgIpc) is 2.28. The van der Waals surface area contributed by atoms with Gasteiger partial charge in [-0.15, -0.1) is 0 Å². The molecule has 0 aliphatic rings. The fourth-order valence-electron chi connectivity index (χ4n) is 1.30. The molecule has 5 nitrogen and oxygen atoms in total. The van der Waals surface area contributed by atoms with E-state index in [9.17, 15) is 9.90 Å². The minimum absolute atomic E-state index is 0.0122. The lowest BCUT2D eigenvalue weighted by molar-refractivity contribution is -0.139. The Balaban J connectivity index is 2.65. The third kappa shape index (κ3) is 3.22. The molecule has 0 aliphatic carbocycles. The second-order valence-corrected chi connectivity index (χ2v) is 3.47. The number of aliphatic hydroxyl groups excluding tert-OH is 1. The topological polar surface area (TPSA) is 92.8 Å². The summed E-state index contributed by atoms with van der Waals surface area (Å²) >= 11 is 0. The number of aliphatic hydroxyl groups is 1. The number of aliphatic carboxylic acids is 1. The van der Waals surface area contributed by atoms with Crippen LogP contribution < -0.4 is 10.5 Å². The molecule has 0 bridgehead atoms. The first kappa shape index (κ1) is 12.5. The van der Waals surface area contributed by atoms with Gasteiger partial charge in [0, 0.05) is 6.42 Å². The number of rotatable bonds is 5. The van der Waals surface area contributed by atoms with Crippen molar-refractivity contribution in [1.29, 1.82) is 0 Å². The maximum Gasteiger partial charge on any atom is 0.320 e. The quantitative estimate of drug-likeness (QED) is 0.679. The summed E-state index contributed by atoms with van der Waals surface area (Å²) in [6, 6.07) is 5.70. The van der Waals surface area contributed by atoms with Crippen molar-refractivity contribution in [3.05, 3.63) is 29.8 Å². The summed E-state index contributed by atoms with van der Waals surface area (Å²) < 4.78 is 4.97. The van der Waals surface area contributed by atoms with Crippen LogP contribution in [0.15, 0.2) is 24.3 Å². The van der Waals surface area contributed by atoms with Gasteiger partial charge in [-0.2, -0.15) is 0 Å². The first-order chi connectivity index (χ1) is 7.54. The van der Waals surface area contributed by atoms with Crippen LogP contribution in [-0.2, 0) is 4.79 Å². The van der Waals surface area contributed by atoms with E-state index in [1.807, 2.05) is 0 Å². The van der Waals surface area contributed by atoms with Crippen LogP contribution in [0.3, 0.4) is 0 Å². The lowest BCUT2D eigenvalue weighted by Gasteiger charge is -2.13. The van der Waals surface area contributed by atoms with Crippen LogP contribution in [0.25, 0.3) is 0 Å². The Kier molecular flexibility index (Phi) is 4.28. The number of carbonyl (C=O) groups is 1. The van der Waals surface area contributed by atoms with E-state index in [-0.39, 0.29) is 6.42 Å². The summed E-state index contributed by atoms with van der Waals surface area (Å²) in [6.07, 6.45) is -0.890. The smallest absolute Gasteiger partial charge is 0.320 e. The van der Waals surface area contributed by atoms with E-state index in [1.54, 1.807) is 31.4 Å². The van der Waals surface area contributed by atoms with Gasteiger partial charge >= 0.3 is 5.97 Å². The second-order valence-electron chi connectivity index (χ2n) is 3.47. The molecule has 16 heavy (non-hydrogen) atoms. The molecule has 0 saturated carbocycles. The number of hydrogen-bond donors (Lipinski definition) is 3. The molecule has 1 aromatic rings. The maximum absolute atomic E-state index is 10.5. The Labute approximate surface area is 93.5 Å². The summed E-state index contributed by atoms with van der Waals surface area (Å²) in [5.41, 5.74) is 5.95. The second kappa shape index (κ2) is 5.48. The van der Waals surface area contributed by atoms with Crippen molar-refractivity contribution in [1.82, 2.24) is 0 Å². The predicted molar refractivity (Wildman–Crippen MR) is 58.2 cm³/mol. The summed E-state index contributed by atoms with van der Waals surface area (Å²) in [6.45, 7) is 0. The third-order valence-electron chi connectivity index (χ3n) is 2.29. The number of nitrogens with two attached hydrogens (primary N) is 1. The Morgan fingerprint density at radius 3 is 2.44 bits per heavy atom. The zero-order valence-corrected chi connectivity index (χ0v) is 8.96. The molecule has 4 N–H and O–H groups in total. The number of carboxylic acids is 1. The summed E-state index contributed by atoms with van der Waals surface area (Å²) in [5, 5.41) is 18.3. The lowest BCUT2D eigenvalue weighted by Crippen LogP contribution is -2.31. The predicted octanol–water partition coefficient (Wildman–Crippen LogP) is 0.531. The normalized spacial score (nSPS) is 14.2. The molecule has 0 heterocycles. The molecular formula is C11H15NO4. The van der Waals surface area contributed by atoms with Crippen molar-refractivity contribution in [2.75, 3.05) is 7.11 Å². The van der Waals surface area contributed by atoms with Gasteiger partial charge < -0.3 is 20.7 Å². The first-order valence-electron chi connectivity index (χ1n) is 4.85. The van der Waals surface area contributed by atoms with Gasteiger partial charge in [0.2, 0.25) is 0 Å². The summed E-state index contributed by atoms with van der Waals surface area (Å²) in [7, 11) is 1.55. The highest BCUT2D eigenvalue weighted by molar-refractivity contribution is 5.73. The SMILES string of the molecule is COc1ccc([C@H](O)C[C@H](N)C(=O)O)cc1. The largest absolute Gasteiger partial charge is 0.497 e. The zero-order chi connectivity index (χ0) is 12.1. The third-order valence-corrected chi connectivity index (χ3v) is 2.29. The van der Waals surface area contributed by atoms with Crippen LogP contribution in [0, 0.1) is 0 Å². The number of methoxy groups -OCH3 is 1. The van der Waals surface area contributed by atoms with E-state index < -0.39 is 18.1 Å². The molecule has 1 aromatic carbocycles. The minimum Gasteiger partial charge on any atom is -0.497 e. The molecule has 0 amide bonds. The van der Waals surface area contributed by atoms with Gasteiger partial charge in [0.15, 0.2) is 0 Å². The van der Waals surface area contributed by atoms with E-state index in [1.165, 1.54) is 0 Å². The summed E-state index contributed by atoms with van der Waals surface area (Å²) in [4.78, 5) is 10.5. The minimum atomic E-state index is -1.12. The molecule has 5 heteroatoms. The number of hydrogen-bond acceptors (Lipinski definition) is 4. The summed E-state index contributed by atoms with van der Waals surface area (Å²) in [5.74, 6) is -0.439. The molecule has 88 valence electrons. The van der Waals surface area contributed by atoms with Crippen molar-refractivity contribution in [2.45, 2.75) is 18.6 Å². The average molecular weight is 225 g/mol. The Bertz CT molecular complexity index is 350. The first-order valence-corrected chi connectivity index (χ1v) is 4.85. The van der Waals surface area contributed by atoms with Crippen molar-refractivity contribution in [3.8, 4) is 5.75 Å². The van der Waals surface area contributed by atoms with Gasteiger partial charge in [-0.3, -0.25) is 4.79 Å². The van der Waals surface area contributed by atoms with E-state index >= 15 is 0 Å². The molecule has 0 aromatic heterocycles. The number of ether oxygens (including phenoxy) is 1. The number of benzene rings is 1. The van der Waals surface area contributed by atoms with Crippen LogP contribution in [-0.4, -0.2) is 29.3 Å². The molecule has 0 saturated heterocycles. The van der Waals surface area contributed by atoms with Gasteiger partial charge in [0.05, 0.1) is 13.2 Å². The number of carboxylic acid groups (broad SMARTS) is 1. The molecule has 0 radical (unpaired) electrons. The monoisotopic (exact) mass is 225 g/mol. The van der Waals surface area contributed by atoms with Crippen LogP contribution in [0.4, 0.5) is 0 Å². The molecule has 0 spiro atoms. The van der Waals surface area contributed by atoms with Crippen LogP contribution in [0.1, 0.15) is 18.1 Å². The van der Waals surface area contributed by atoms with Crippen molar-refractivity contribution in [2.24, 2.45) is 5.73 Å². The lowest BCUT2D eigenvalue weighted by atomic mass is 10.0. The zero-order valence-electron chi connectivity index (χ0n) is 8.96. The van der Waals surface area contributed by atoms with Gasteiger partial charge in [-0.05, 0) is 17.7 Å². The van der Waals surface area contributed by atoms with E-state index in [0.29, 0.717) is 11.3 Å². The van der Waals surface area contributed by atoms with E-state index in [2.05, 4.69) is 0 Å². The molecule has 1 rings (SSSR count). The molecule has 0 unspecified atom stereocenters. The van der Waals surface area contributed by atoms with Crippen LogP contribution >= 0.6 is 0 Å². The van der Waals surface area contributed by atoms with Crippen LogP contribution in [0.5, 0.6) is 5.75 Å². The standard InChI is InChI=1S/C11H15NO4/c1-16-8-4-2-7(3-5-8)10(13)6-9(12)11(14)15/h2-5,9-10,13H,6,12H2,1H3,(H,14,15)/t9-,10+/m0/s1. The van der Waals surface area contributed by atoms with Gasteiger partial charge in [-0.1, -0.05) is 12.1 Å². The fourth-order valence-corrected chi connectivity index (χ4v) is 1.30. The van der Waals surface area contributed by atoms with Crippen molar-refractivity contribution < 1.29 is 19.7 Å². The molecule has 0 fully saturated rings. The van der Waals surface area contributed by atoms with Gasteiger partial charge in [-0.25, -0.2) is 0 Å². The van der Waals surface area contributed by atoms with Crippen molar-refractivity contribution >= 4 is 5.97 Å². The maximum atomic E-state index is 10.5. The Hall–Kier alpha value is -1.59. The molecule has 2 atom stereocenters. The van der Waals surface area contributed by atoms with Gasteiger partial charge in [0.1, 0.15) is 11.8 Å². The molecule has 0 aliphatic heterocycles. The highest BCUT2D eigenvalue weighted by Gasteiger charge is 2.18. The highest BCUT2D eigenvalue weighted by Crippen LogP contribution is 2.20. The van der Waals surface area contributed by atoms with E-state index in [4.69, 9.17) is 15.6 Å². The van der Waals surface area contributed by atoms with Crippen molar-refractivity contribution in [3.63, 3.8) is 0 Å². The molecular weight excluding hydrogens is 210 g/mol.